The maximum atomic E-state index is 3.41. The lowest BCUT2D eigenvalue weighted by atomic mass is 10.0. The first kappa shape index (κ1) is 12.3. The van der Waals surface area contributed by atoms with Crippen LogP contribution in [0.4, 0.5) is 0 Å². The van der Waals surface area contributed by atoms with E-state index in [1.54, 1.807) is 0 Å². The highest BCUT2D eigenvalue weighted by atomic mass is 14.8. The Kier molecular flexibility index (Phi) is 5.41. The van der Waals surface area contributed by atoms with Gasteiger partial charge in [-0.2, -0.15) is 0 Å². The van der Waals surface area contributed by atoms with Crippen LogP contribution in [0.3, 0.4) is 0 Å². The summed E-state index contributed by atoms with van der Waals surface area (Å²) in [5, 5.41) is 3.41. The summed E-state index contributed by atoms with van der Waals surface area (Å²) in [4.78, 5) is 0. The van der Waals surface area contributed by atoms with Crippen molar-refractivity contribution in [3.63, 3.8) is 0 Å². The van der Waals surface area contributed by atoms with Crippen molar-refractivity contribution in [2.75, 3.05) is 6.54 Å². The number of hydrogen-bond donors (Lipinski definition) is 1. The molecule has 84 valence electrons. The Hall–Kier alpha value is -0.820. The lowest BCUT2D eigenvalue weighted by Gasteiger charge is -2.07. The molecule has 0 fully saturated rings. The zero-order chi connectivity index (χ0) is 11.1. The van der Waals surface area contributed by atoms with Gasteiger partial charge in [0.25, 0.3) is 0 Å². The van der Waals surface area contributed by atoms with Gasteiger partial charge in [0, 0.05) is 6.54 Å². The van der Waals surface area contributed by atoms with Crippen LogP contribution in [-0.4, -0.2) is 6.54 Å². The minimum atomic E-state index is 0.745. The Morgan fingerprint density at radius 1 is 1.07 bits per heavy atom. The zero-order valence-corrected chi connectivity index (χ0v) is 10.2. The van der Waals surface area contributed by atoms with Crippen LogP contribution >= 0.6 is 0 Å². The molecular weight excluding hydrogens is 182 g/mol. The predicted octanol–water partition coefficient (Wildman–Crippen LogP) is 3.38. The molecule has 0 aliphatic rings. The number of rotatable bonds is 6. The average Bonchev–Trinajstić information content (AvgIpc) is 2.20. The predicted molar refractivity (Wildman–Crippen MR) is 67.0 cm³/mol. The lowest BCUT2D eigenvalue weighted by molar-refractivity contribution is 0.646. The summed E-state index contributed by atoms with van der Waals surface area (Å²) in [6.07, 6.45) is 2.38. The van der Waals surface area contributed by atoms with Crippen LogP contribution in [0.2, 0.25) is 0 Å². The van der Waals surface area contributed by atoms with E-state index in [1.165, 1.54) is 24.0 Å². The van der Waals surface area contributed by atoms with Crippen molar-refractivity contribution in [3.05, 3.63) is 35.4 Å². The smallest absolute Gasteiger partial charge is 0.0205 e. The van der Waals surface area contributed by atoms with Gasteiger partial charge in [0.15, 0.2) is 0 Å². The van der Waals surface area contributed by atoms with Crippen molar-refractivity contribution in [3.8, 4) is 0 Å². The molecule has 1 rings (SSSR count). The zero-order valence-electron chi connectivity index (χ0n) is 10.2. The van der Waals surface area contributed by atoms with Crippen molar-refractivity contribution in [1.29, 1.82) is 0 Å². The Bertz CT molecular complexity index is 261. The van der Waals surface area contributed by atoms with Gasteiger partial charge in [0.2, 0.25) is 0 Å². The highest BCUT2D eigenvalue weighted by molar-refractivity contribution is 5.22. The topological polar surface area (TPSA) is 12.0 Å². The highest BCUT2D eigenvalue weighted by Crippen LogP contribution is 2.09. The van der Waals surface area contributed by atoms with E-state index in [9.17, 15) is 0 Å². The molecule has 0 heterocycles. The largest absolute Gasteiger partial charge is 0.313 e. The second-order valence-electron chi connectivity index (χ2n) is 4.59. The lowest BCUT2D eigenvalue weighted by Crippen LogP contribution is -2.13. The van der Waals surface area contributed by atoms with Gasteiger partial charge in [-0.25, -0.2) is 0 Å². The molecule has 1 aromatic carbocycles. The molecule has 0 unspecified atom stereocenters. The van der Waals surface area contributed by atoms with E-state index in [2.05, 4.69) is 50.4 Å². The van der Waals surface area contributed by atoms with Gasteiger partial charge in [0.05, 0.1) is 0 Å². The van der Waals surface area contributed by atoms with Crippen molar-refractivity contribution < 1.29 is 0 Å². The van der Waals surface area contributed by atoms with Crippen LogP contribution in [0.15, 0.2) is 24.3 Å². The Balaban J connectivity index is 2.42. The molecule has 15 heavy (non-hydrogen) atoms. The normalized spacial score (nSPS) is 10.9. The molecular formula is C14H23N. The number of benzene rings is 1. The number of nitrogens with one attached hydrogen (secondary N) is 1. The molecule has 0 atom stereocenters. The van der Waals surface area contributed by atoms with Gasteiger partial charge in [-0.05, 0) is 36.4 Å². The molecule has 0 aliphatic heterocycles. The molecule has 1 aromatic rings. The molecule has 0 saturated carbocycles. The summed E-state index contributed by atoms with van der Waals surface area (Å²) in [5.41, 5.74) is 2.83. The summed E-state index contributed by atoms with van der Waals surface area (Å²) in [6, 6.07) is 8.98. The Labute approximate surface area is 93.9 Å². The minimum Gasteiger partial charge on any atom is -0.313 e. The van der Waals surface area contributed by atoms with E-state index in [4.69, 9.17) is 0 Å². The summed E-state index contributed by atoms with van der Waals surface area (Å²) < 4.78 is 0. The molecule has 1 nitrogen and oxygen atoms in total. The Morgan fingerprint density at radius 3 is 2.20 bits per heavy atom. The second kappa shape index (κ2) is 6.62. The fourth-order valence-corrected chi connectivity index (χ4v) is 1.67. The van der Waals surface area contributed by atoms with Gasteiger partial charge >= 0.3 is 0 Å². The van der Waals surface area contributed by atoms with Gasteiger partial charge < -0.3 is 5.32 Å². The minimum absolute atomic E-state index is 0.745. The molecule has 0 spiro atoms. The van der Waals surface area contributed by atoms with Crippen LogP contribution < -0.4 is 5.32 Å². The van der Waals surface area contributed by atoms with Gasteiger partial charge in [-0.15, -0.1) is 0 Å². The average molecular weight is 205 g/mol. The summed E-state index contributed by atoms with van der Waals surface area (Å²) in [5.74, 6) is 0.745. The third-order valence-electron chi connectivity index (χ3n) is 2.42. The maximum Gasteiger partial charge on any atom is 0.0205 e. The van der Waals surface area contributed by atoms with Gasteiger partial charge in [-0.1, -0.05) is 45.0 Å². The van der Waals surface area contributed by atoms with Crippen molar-refractivity contribution in [2.45, 2.75) is 40.2 Å². The van der Waals surface area contributed by atoms with Crippen LogP contribution in [0, 0.1) is 5.92 Å². The first-order valence-corrected chi connectivity index (χ1v) is 6.01. The maximum absolute atomic E-state index is 3.41. The molecule has 1 heteroatoms. The first-order chi connectivity index (χ1) is 7.22. The van der Waals surface area contributed by atoms with E-state index in [-0.39, 0.29) is 0 Å². The van der Waals surface area contributed by atoms with Crippen LogP contribution in [-0.2, 0) is 13.0 Å². The van der Waals surface area contributed by atoms with Crippen molar-refractivity contribution >= 4 is 0 Å². The van der Waals surface area contributed by atoms with E-state index >= 15 is 0 Å². The van der Waals surface area contributed by atoms with Crippen molar-refractivity contribution in [1.82, 2.24) is 5.32 Å². The summed E-state index contributed by atoms with van der Waals surface area (Å²) in [7, 11) is 0. The molecule has 0 radical (unpaired) electrons. The van der Waals surface area contributed by atoms with Crippen LogP contribution in [0.1, 0.15) is 38.3 Å². The first-order valence-electron chi connectivity index (χ1n) is 6.01. The second-order valence-corrected chi connectivity index (χ2v) is 4.59. The number of hydrogen-bond acceptors (Lipinski definition) is 1. The molecule has 0 saturated heterocycles. The van der Waals surface area contributed by atoms with E-state index in [0.29, 0.717) is 0 Å². The fourth-order valence-electron chi connectivity index (χ4n) is 1.67. The molecule has 0 amide bonds. The quantitative estimate of drug-likeness (QED) is 0.702. The fraction of sp³-hybridized carbons (Fsp3) is 0.571. The highest BCUT2D eigenvalue weighted by Gasteiger charge is 1.97. The van der Waals surface area contributed by atoms with Gasteiger partial charge in [-0.3, -0.25) is 0 Å². The molecule has 1 N–H and O–H groups in total. The molecule has 0 aliphatic carbocycles. The van der Waals surface area contributed by atoms with Crippen LogP contribution in [0.25, 0.3) is 0 Å². The summed E-state index contributed by atoms with van der Waals surface area (Å²) >= 11 is 0. The van der Waals surface area contributed by atoms with Gasteiger partial charge in [0.1, 0.15) is 0 Å². The Morgan fingerprint density at radius 2 is 1.67 bits per heavy atom. The summed E-state index contributed by atoms with van der Waals surface area (Å²) in [6.45, 7) is 8.82. The SMILES string of the molecule is CCCNCc1ccc(CC(C)C)cc1. The van der Waals surface area contributed by atoms with E-state index in [0.717, 1.165) is 19.0 Å². The monoisotopic (exact) mass is 205 g/mol. The molecule has 0 aromatic heterocycles. The molecule has 0 bridgehead atoms. The third kappa shape index (κ3) is 4.98. The van der Waals surface area contributed by atoms with Crippen molar-refractivity contribution in [2.24, 2.45) is 5.92 Å². The van der Waals surface area contributed by atoms with E-state index in [1.807, 2.05) is 0 Å². The standard InChI is InChI=1S/C14H23N/c1-4-9-15-11-14-7-5-13(6-8-14)10-12(2)3/h5-8,12,15H,4,9-11H2,1-3H3. The van der Waals surface area contributed by atoms with E-state index < -0.39 is 0 Å². The van der Waals surface area contributed by atoms with Crippen LogP contribution in [0.5, 0.6) is 0 Å². The third-order valence-corrected chi connectivity index (χ3v) is 2.42.